The van der Waals surface area contributed by atoms with Gasteiger partial charge in [0.15, 0.2) is 5.13 Å². The van der Waals surface area contributed by atoms with Gasteiger partial charge in [0, 0.05) is 62.0 Å². The maximum atomic E-state index is 13.1. The van der Waals surface area contributed by atoms with Gasteiger partial charge in [-0.25, -0.2) is 9.78 Å². The Morgan fingerprint density at radius 2 is 1.58 bits per heavy atom. The number of thioether (sulfide) groups is 1. The van der Waals surface area contributed by atoms with Crippen LogP contribution in [-0.4, -0.2) is 76.2 Å². The van der Waals surface area contributed by atoms with Crippen LogP contribution in [-0.2, 0) is 25.6 Å². The number of ketones is 1. The van der Waals surface area contributed by atoms with Gasteiger partial charge < -0.3 is 21.3 Å². The summed E-state index contributed by atoms with van der Waals surface area (Å²) in [5, 5.41) is 13.1. The van der Waals surface area contributed by atoms with Gasteiger partial charge in [-0.15, -0.1) is 0 Å². The Kier molecular flexibility index (Phi) is 16.3. The normalized spacial score (nSPS) is 17.0. The largest absolute Gasteiger partial charge is 0.356 e. The van der Waals surface area contributed by atoms with E-state index in [4.69, 9.17) is 4.98 Å². The van der Waals surface area contributed by atoms with Gasteiger partial charge in [-0.1, -0.05) is 73.4 Å². The number of anilines is 2. The average Bonchev–Trinajstić information content (AvgIpc) is 3.94. The maximum Gasteiger partial charge on any atom is 0.315 e. The van der Waals surface area contributed by atoms with E-state index in [2.05, 4.69) is 26.3 Å². The molecule has 4 aromatic rings. The van der Waals surface area contributed by atoms with E-state index in [1.54, 1.807) is 18.1 Å². The van der Waals surface area contributed by atoms with Crippen molar-refractivity contribution in [3.8, 4) is 11.1 Å². The first-order valence-corrected chi connectivity index (χ1v) is 22.9. The summed E-state index contributed by atoms with van der Waals surface area (Å²) in [6.45, 7) is 2.52. The highest BCUT2D eigenvalue weighted by Gasteiger charge is 2.42. The van der Waals surface area contributed by atoms with E-state index in [-0.39, 0.29) is 48.0 Å². The van der Waals surface area contributed by atoms with Gasteiger partial charge >= 0.3 is 6.03 Å². The summed E-state index contributed by atoms with van der Waals surface area (Å²) in [6.07, 6.45) is 13.1. The molecule has 0 unspecified atom stereocenters. The van der Waals surface area contributed by atoms with Crippen LogP contribution in [0.3, 0.4) is 0 Å². The van der Waals surface area contributed by atoms with Crippen molar-refractivity contribution in [1.29, 1.82) is 0 Å². The third-order valence-corrected chi connectivity index (χ3v) is 13.7. The molecule has 2 aliphatic heterocycles. The molecule has 2 aromatic carbocycles. The molecule has 6 rings (SSSR count). The van der Waals surface area contributed by atoms with Crippen LogP contribution in [0, 0.1) is 6.92 Å². The van der Waals surface area contributed by atoms with Crippen LogP contribution >= 0.6 is 23.1 Å². The molecule has 4 heterocycles. The number of aryl methyl sites for hydroxylation is 1. The molecule has 14 heteroatoms. The van der Waals surface area contributed by atoms with Crippen molar-refractivity contribution < 1.29 is 24.0 Å². The SMILES string of the molecule is Cc1ncc(-c2ccc3nc(N(C)C(=O)CCCCCCC(=O)CCCCCNC(=O)CCCC[C@@H]4SC[C@@H]5NC(=O)N[C@@H]54)sc3c2)cc1NC(=O)Cc1ccccc1. The van der Waals surface area contributed by atoms with Gasteiger partial charge in [0.05, 0.1) is 40.1 Å². The summed E-state index contributed by atoms with van der Waals surface area (Å²) in [5.74, 6) is 1.25. The van der Waals surface area contributed by atoms with E-state index in [0.29, 0.717) is 48.3 Å². The molecule has 314 valence electrons. The molecule has 5 amide bonds. The summed E-state index contributed by atoms with van der Waals surface area (Å²) >= 11 is 3.37. The number of benzene rings is 2. The third-order valence-electron chi connectivity index (χ3n) is 11.1. The van der Waals surface area contributed by atoms with Crippen molar-refractivity contribution >= 4 is 73.7 Å². The van der Waals surface area contributed by atoms with Crippen molar-refractivity contribution in [3.05, 3.63) is 72.1 Å². The standard InChI is InChI=1S/C45H57N7O5S2/c1-30-36(48-41(55)25-31-15-7-5-8-16-31)26-33(28-47-30)32-22-23-35-39(27-32)59-45(50-35)52(2)42(56)21-11-4-3-9-17-34(53)18-10-6-14-24-46-40(54)20-13-12-19-38-43-37(29-58-38)49-44(57)51-43/h5,7-8,15-16,22-23,26-28,37-38,43H,3-4,6,9-14,17-21,24-25,29H2,1-2H3,(H,46,54)(H,48,55)(H2,49,51,57)/t37-,38-,43-/m0/s1. The van der Waals surface area contributed by atoms with E-state index in [1.165, 1.54) is 11.3 Å². The lowest BCUT2D eigenvalue weighted by Gasteiger charge is -2.16. The molecule has 3 atom stereocenters. The van der Waals surface area contributed by atoms with Gasteiger partial charge in [0.2, 0.25) is 17.7 Å². The van der Waals surface area contributed by atoms with Gasteiger partial charge in [-0.05, 0) is 74.8 Å². The molecule has 2 aromatic heterocycles. The van der Waals surface area contributed by atoms with Crippen LogP contribution in [0.1, 0.15) is 101 Å². The highest BCUT2D eigenvalue weighted by atomic mass is 32.2. The molecule has 2 aliphatic rings. The number of nitrogens with one attached hydrogen (secondary N) is 4. The molecule has 0 saturated carbocycles. The number of aromatic nitrogens is 2. The first-order valence-electron chi connectivity index (χ1n) is 21.1. The van der Waals surface area contributed by atoms with Crippen molar-refractivity contribution in [3.63, 3.8) is 0 Å². The molecule has 0 aliphatic carbocycles. The molecule has 12 nitrogen and oxygen atoms in total. The number of thiazole rings is 1. The fourth-order valence-corrected chi connectivity index (χ4v) is 10.1. The molecule has 0 bridgehead atoms. The summed E-state index contributed by atoms with van der Waals surface area (Å²) in [6, 6.07) is 17.9. The lowest BCUT2D eigenvalue weighted by Crippen LogP contribution is -2.36. The zero-order valence-electron chi connectivity index (χ0n) is 34.2. The number of carbonyl (C=O) groups is 5. The van der Waals surface area contributed by atoms with Gasteiger partial charge in [0.1, 0.15) is 5.78 Å². The average molecular weight is 840 g/mol. The van der Waals surface area contributed by atoms with Crippen LogP contribution in [0.15, 0.2) is 60.8 Å². The van der Waals surface area contributed by atoms with Crippen LogP contribution in [0.2, 0.25) is 0 Å². The van der Waals surface area contributed by atoms with Crippen molar-refractivity contribution in [1.82, 2.24) is 25.9 Å². The number of hydrogen-bond acceptors (Lipinski definition) is 9. The van der Waals surface area contributed by atoms with Crippen molar-refractivity contribution in [2.45, 2.75) is 121 Å². The number of urea groups is 1. The molecule has 0 spiro atoms. The van der Waals surface area contributed by atoms with Crippen molar-refractivity contribution in [2.75, 3.05) is 29.6 Å². The first kappa shape index (κ1) is 43.8. The summed E-state index contributed by atoms with van der Waals surface area (Å²) in [4.78, 5) is 72.9. The Labute approximate surface area is 355 Å². The van der Waals surface area contributed by atoms with Gasteiger partial charge in [0.25, 0.3) is 0 Å². The van der Waals surface area contributed by atoms with Crippen LogP contribution in [0.25, 0.3) is 21.3 Å². The molecule has 59 heavy (non-hydrogen) atoms. The number of carbonyl (C=O) groups excluding carboxylic acids is 5. The zero-order valence-corrected chi connectivity index (χ0v) is 35.9. The first-order chi connectivity index (χ1) is 28.6. The Morgan fingerprint density at radius 1 is 0.831 bits per heavy atom. The van der Waals surface area contributed by atoms with Crippen LogP contribution in [0.4, 0.5) is 15.6 Å². The smallest absolute Gasteiger partial charge is 0.315 e. The van der Waals surface area contributed by atoms with E-state index in [9.17, 15) is 24.0 Å². The van der Waals surface area contributed by atoms with E-state index >= 15 is 0 Å². The van der Waals surface area contributed by atoms with E-state index in [1.807, 2.05) is 73.3 Å². The fourth-order valence-electron chi connectivity index (χ4n) is 7.59. The Balaban J connectivity index is 0.803. The second-order valence-corrected chi connectivity index (χ2v) is 18.0. The number of pyridine rings is 1. The molecular weight excluding hydrogens is 783 g/mol. The van der Waals surface area contributed by atoms with E-state index in [0.717, 1.165) is 103 Å². The Hall–Kier alpha value is -4.82. The molecule has 2 saturated heterocycles. The number of hydrogen-bond donors (Lipinski definition) is 4. The second-order valence-electron chi connectivity index (χ2n) is 15.7. The minimum atomic E-state index is -0.0985. The number of amides is 5. The van der Waals surface area contributed by atoms with Crippen molar-refractivity contribution in [2.24, 2.45) is 0 Å². The fraction of sp³-hybridized carbons (Fsp3) is 0.489. The quantitative estimate of drug-likeness (QED) is 0.0430. The number of rotatable bonds is 23. The maximum absolute atomic E-state index is 13.1. The lowest BCUT2D eigenvalue weighted by molar-refractivity contribution is -0.121. The second kappa shape index (κ2) is 22.0. The highest BCUT2D eigenvalue weighted by molar-refractivity contribution is 8.00. The number of Topliss-reactive ketones (excluding diaryl/α,β-unsaturated/α-hetero) is 1. The molecule has 2 fully saturated rings. The summed E-state index contributed by atoms with van der Waals surface area (Å²) in [7, 11) is 1.77. The monoisotopic (exact) mass is 839 g/mol. The number of fused-ring (bicyclic) bond motifs is 2. The predicted molar refractivity (Wildman–Crippen MR) is 238 cm³/mol. The topological polar surface area (TPSA) is 162 Å². The summed E-state index contributed by atoms with van der Waals surface area (Å²) < 4.78 is 0.957. The highest BCUT2D eigenvalue weighted by Crippen LogP contribution is 2.34. The van der Waals surface area contributed by atoms with Gasteiger partial charge in [-0.3, -0.25) is 29.1 Å². The minimum absolute atomic E-state index is 0.0193. The predicted octanol–water partition coefficient (Wildman–Crippen LogP) is 8.12. The Bertz CT molecular complexity index is 2080. The summed E-state index contributed by atoms with van der Waals surface area (Å²) in [5.41, 5.74) is 5.00. The number of unbranched alkanes of at least 4 members (excludes halogenated alkanes) is 6. The molecule has 4 N–H and O–H groups in total. The minimum Gasteiger partial charge on any atom is -0.356 e. The lowest BCUT2D eigenvalue weighted by atomic mass is 10.0. The van der Waals surface area contributed by atoms with E-state index < -0.39 is 0 Å². The van der Waals surface area contributed by atoms with Gasteiger partial charge in [-0.2, -0.15) is 11.8 Å². The molecular formula is C45H57N7O5S2. The van der Waals surface area contributed by atoms with Crippen LogP contribution in [0.5, 0.6) is 0 Å². The zero-order chi connectivity index (χ0) is 41.6. The van der Waals surface area contributed by atoms with Crippen LogP contribution < -0.4 is 26.2 Å². The Morgan fingerprint density at radius 3 is 2.37 bits per heavy atom. The molecule has 0 radical (unpaired) electrons. The number of nitrogens with zero attached hydrogens (tertiary/aromatic N) is 3. The third kappa shape index (κ3) is 13.1.